The highest BCUT2D eigenvalue weighted by molar-refractivity contribution is 5.80. The van der Waals surface area contributed by atoms with Gasteiger partial charge in [-0.1, -0.05) is 0 Å². The second-order valence-corrected chi connectivity index (χ2v) is 4.31. The number of carbonyl (C=O) groups excluding carboxylic acids is 1. The summed E-state index contributed by atoms with van der Waals surface area (Å²) < 4.78 is 0. The van der Waals surface area contributed by atoms with Crippen molar-refractivity contribution < 1.29 is 15.0 Å². The van der Waals surface area contributed by atoms with Crippen LogP contribution in [0.4, 0.5) is 0 Å². The summed E-state index contributed by atoms with van der Waals surface area (Å²) in [7, 11) is 0. The largest absolute Gasteiger partial charge is 0.388 e. The zero-order valence-electron chi connectivity index (χ0n) is 7.97. The summed E-state index contributed by atoms with van der Waals surface area (Å²) in [6.07, 6.45) is -0.0938. The second-order valence-electron chi connectivity index (χ2n) is 4.31. The summed E-state index contributed by atoms with van der Waals surface area (Å²) in [5, 5.41) is 18.5. The molecule has 1 saturated heterocycles. The zero-order chi connectivity index (χ0) is 10.3. The topological polar surface area (TPSA) is 86.8 Å². The molecule has 0 unspecified atom stereocenters. The summed E-state index contributed by atoms with van der Waals surface area (Å²) in [6.45, 7) is 0.511. The van der Waals surface area contributed by atoms with Crippen LogP contribution < -0.4 is 5.73 Å². The molecule has 1 amide bonds. The highest BCUT2D eigenvalue weighted by atomic mass is 16.3. The van der Waals surface area contributed by atoms with Gasteiger partial charge in [-0.05, 0) is 12.8 Å². The fourth-order valence-electron chi connectivity index (χ4n) is 2.07. The van der Waals surface area contributed by atoms with Gasteiger partial charge in [0, 0.05) is 25.0 Å². The molecule has 4 N–H and O–H groups in total. The number of carbonyl (C=O) groups is 1. The predicted octanol–water partition coefficient (Wildman–Crippen LogP) is -1.71. The van der Waals surface area contributed by atoms with Crippen molar-refractivity contribution in [1.29, 1.82) is 0 Å². The van der Waals surface area contributed by atoms with Gasteiger partial charge in [-0.3, -0.25) is 4.79 Å². The van der Waals surface area contributed by atoms with Gasteiger partial charge < -0.3 is 20.8 Å². The van der Waals surface area contributed by atoms with Crippen molar-refractivity contribution in [3.05, 3.63) is 0 Å². The van der Waals surface area contributed by atoms with Crippen LogP contribution in [0.3, 0.4) is 0 Å². The fraction of sp³-hybridized carbons (Fsp3) is 0.889. The van der Waals surface area contributed by atoms with Gasteiger partial charge in [0.15, 0.2) is 0 Å². The van der Waals surface area contributed by atoms with Crippen LogP contribution in [-0.4, -0.2) is 52.4 Å². The SMILES string of the molecule is NC1CC(C(=O)N2C[C@@H](O)[C@@H](O)C2)C1. The van der Waals surface area contributed by atoms with Crippen molar-refractivity contribution in [3.8, 4) is 0 Å². The lowest BCUT2D eigenvalue weighted by molar-refractivity contribution is -0.138. The number of nitrogens with zero attached hydrogens (tertiary/aromatic N) is 1. The molecule has 1 heterocycles. The van der Waals surface area contributed by atoms with Gasteiger partial charge in [0.1, 0.15) is 0 Å². The maximum Gasteiger partial charge on any atom is 0.225 e. The third-order valence-electron chi connectivity index (χ3n) is 3.09. The third-order valence-corrected chi connectivity index (χ3v) is 3.09. The predicted molar refractivity (Wildman–Crippen MR) is 49.3 cm³/mol. The molecule has 0 aromatic heterocycles. The second kappa shape index (κ2) is 3.49. The van der Waals surface area contributed by atoms with Crippen LogP contribution >= 0.6 is 0 Å². The van der Waals surface area contributed by atoms with Crippen molar-refractivity contribution in [2.24, 2.45) is 11.7 Å². The van der Waals surface area contributed by atoms with E-state index < -0.39 is 12.2 Å². The van der Waals surface area contributed by atoms with Crippen LogP contribution in [0.1, 0.15) is 12.8 Å². The number of nitrogens with two attached hydrogens (primary N) is 1. The van der Waals surface area contributed by atoms with Crippen LogP contribution in [0.5, 0.6) is 0 Å². The number of rotatable bonds is 1. The van der Waals surface area contributed by atoms with E-state index in [1.165, 1.54) is 4.90 Å². The minimum absolute atomic E-state index is 0.0162. The summed E-state index contributed by atoms with van der Waals surface area (Å²) in [6, 6.07) is 0.154. The summed E-state index contributed by atoms with van der Waals surface area (Å²) in [5.41, 5.74) is 5.59. The molecule has 2 fully saturated rings. The van der Waals surface area contributed by atoms with E-state index in [0.29, 0.717) is 0 Å². The Hall–Kier alpha value is -0.650. The number of aliphatic hydroxyl groups excluding tert-OH is 2. The van der Waals surface area contributed by atoms with Crippen molar-refractivity contribution in [1.82, 2.24) is 4.90 Å². The van der Waals surface area contributed by atoms with Gasteiger partial charge in [-0.2, -0.15) is 0 Å². The zero-order valence-corrected chi connectivity index (χ0v) is 7.97. The molecule has 0 radical (unpaired) electrons. The Labute approximate surface area is 82.5 Å². The highest BCUT2D eigenvalue weighted by Gasteiger charge is 2.39. The Kier molecular flexibility index (Phi) is 2.47. The van der Waals surface area contributed by atoms with Crippen molar-refractivity contribution >= 4 is 5.91 Å². The van der Waals surface area contributed by atoms with Crippen LogP contribution in [0, 0.1) is 5.92 Å². The van der Waals surface area contributed by atoms with E-state index in [-0.39, 0.29) is 31.0 Å². The first-order valence-electron chi connectivity index (χ1n) is 4.98. The minimum atomic E-state index is -0.785. The van der Waals surface area contributed by atoms with E-state index in [1.807, 2.05) is 0 Å². The van der Waals surface area contributed by atoms with E-state index in [4.69, 9.17) is 5.73 Å². The van der Waals surface area contributed by atoms with Crippen LogP contribution in [0.25, 0.3) is 0 Å². The number of likely N-dealkylation sites (tertiary alicyclic amines) is 1. The molecule has 2 rings (SSSR count). The fourth-order valence-corrected chi connectivity index (χ4v) is 2.07. The molecular formula is C9H16N2O3. The Balaban J connectivity index is 1.87. The van der Waals surface area contributed by atoms with Gasteiger partial charge in [0.2, 0.25) is 5.91 Å². The lowest BCUT2D eigenvalue weighted by Crippen LogP contribution is -2.46. The number of hydrogen-bond donors (Lipinski definition) is 3. The van der Waals surface area contributed by atoms with Crippen LogP contribution in [-0.2, 0) is 4.79 Å². The summed E-state index contributed by atoms with van der Waals surface area (Å²) in [5.74, 6) is 0.0461. The average molecular weight is 200 g/mol. The van der Waals surface area contributed by atoms with Crippen molar-refractivity contribution in [2.75, 3.05) is 13.1 Å². The van der Waals surface area contributed by atoms with Crippen LogP contribution in [0.15, 0.2) is 0 Å². The molecule has 2 atom stereocenters. The van der Waals surface area contributed by atoms with Crippen molar-refractivity contribution in [3.63, 3.8) is 0 Å². The molecule has 1 saturated carbocycles. The summed E-state index contributed by atoms with van der Waals surface area (Å²) in [4.78, 5) is 13.2. The lowest BCUT2D eigenvalue weighted by Gasteiger charge is -2.34. The quantitative estimate of drug-likeness (QED) is 0.470. The Morgan fingerprint density at radius 2 is 1.71 bits per heavy atom. The third kappa shape index (κ3) is 1.63. The molecule has 0 bridgehead atoms. The molecule has 0 aromatic carbocycles. The number of β-amino-alcohol motifs (C(OH)–C–C–N with tert-alkyl or cyclic N) is 2. The van der Waals surface area contributed by atoms with E-state index in [0.717, 1.165) is 12.8 Å². The normalized spacial score (nSPS) is 42.4. The smallest absolute Gasteiger partial charge is 0.225 e. The number of hydrogen-bond acceptors (Lipinski definition) is 4. The molecular weight excluding hydrogens is 184 g/mol. The molecule has 5 heteroatoms. The van der Waals surface area contributed by atoms with Crippen LogP contribution in [0.2, 0.25) is 0 Å². The molecule has 0 spiro atoms. The maximum absolute atomic E-state index is 11.7. The van der Waals surface area contributed by atoms with Gasteiger partial charge in [0.25, 0.3) is 0 Å². The van der Waals surface area contributed by atoms with Crippen molar-refractivity contribution in [2.45, 2.75) is 31.1 Å². The molecule has 5 nitrogen and oxygen atoms in total. The van der Waals surface area contributed by atoms with Gasteiger partial charge in [-0.15, -0.1) is 0 Å². The molecule has 1 aliphatic heterocycles. The average Bonchev–Trinajstić information content (AvgIpc) is 2.41. The minimum Gasteiger partial charge on any atom is -0.388 e. The monoisotopic (exact) mass is 200 g/mol. The standard InChI is InChI=1S/C9H16N2O3/c10-6-1-5(2-6)9(14)11-3-7(12)8(13)4-11/h5-8,12-13H,1-4,10H2/t5?,6?,7-,8+. The first-order valence-corrected chi connectivity index (χ1v) is 4.98. The van der Waals surface area contributed by atoms with Gasteiger partial charge >= 0.3 is 0 Å². The molecule has 2 aliphatic rings. The van der Waals surface area contributed by atoms with E-state index in [9.17, 15) is 15.0 Å². The van der Waals surface area contributed by atoms with Gasteiger partial charge in [0.05, 0.1) is 12.2 Å². The van der Waals surface area contributed by atoms with E-state index in [2.05, 4.69) is 0 Å². The Bertz CT molecular complexity index is 230. The van der Waals surface area contributed by atoms with Gasteiger partial charge in [-0.25, -0.2) is 0 Å². The first kappa shape index (κ1) is 9.89. The van der Waals surface area contributed by atoms with E-state index >= 15 is 0 Å². The lowest BCUT2D eigenvalue weighted by atomic mass is 9.80. The molecule has 1 aliphatic carbocycles. The number of aliphatic hydroxyl groups is 2. The number of amides is 1. The molecule has 80 valence electrons. The summed E-state index contributed by atoms with van der Waals surface area (Å²) >= 11 is 0. The first-order chi connectivity index (χ1) is 6.58. The van der Waals surface area contributed by atoms with E-state index in [1.54, 1.807) is 0 Å². The highest BCUT2D eigenvalue weighted by Crippen LogP contribution is 2.28. The Morgan fingerprint density at radius 1 is 1.21 bits per heavy atom. The molecule has 0 aromatic rings. The maximum atomic E-state index is 11.7. The molecule has 14 heavy (non-hydrogen) atoms. The Morgan fingerprint density at radius 3 is 2.14 bits per heavy atom.